The summed E-state index contributed by atoms with van der Waals surface area (Å²) in [5.41, 5.74) is 6.50. The van der Waals surface area contributed by atoms with Crippen LogP contribution in [0.25, 0.3) is 0 Å². The van der Waals surface area contributed by atoms with E-state index in [4.69, 9.17) is 15.2 Å². The first-order valence-corrected chi connectivity index (χ1v) is 6.04. The van der Waals surface area contributed by atoms with E-state index in [1.807, 2.05) is 13.8 Å². The van der Waals surface area contributed by atoms with Gasteiger partial charge in [-0.15, -0.1) is 12.4 Å². The molecule has 20 heavy (non-hydrogen) atoms. The molecule has 0 heterocycles. The monoisotopic (exact) mass is 303 g/mol. The van der Waals surface area contributed by atoms with Crippen LogP contribution in [0.15, 0.2) is 18.2 Å². The van der Waals surface area contributed by atoms with E-state index in [0.717, 1.165) is 5.56 Å². The molecule has 1 aromatic carbocycles. The smallest absolute Gasteiger partial charge is 0.308 e. The number of methoxy groups -OCH3 is 1. The summed E-state index contributed by atoms with van der Waals surface area (Å²) < 4.78 is 10.2. The Balaban J connectivity index is 0.00000361. The van der Waals surface area contributed by atoms with Crippen molar-refractivity contribution in [3.63, 3.8) is 0 Å². The third-order valence-electron chi connectivity index (χ3n) is 3.05. The van der Waals surface area contributed by atoms with Gasteiger partial charge in [0.05, 0.1) is 7.11 Å². The fourth-order valence-corrected chi connectivity index (χ4v) is 1.67. The highest BCUT2D eigenvalue weighted by atomic mass is 35.5. The van der Waals surface area contributed by atoms with E-state index in [1.165, 1.54) is 14.0 Å². The van der Waals surface area contributed by atoms with Gasteiger partial charge >= 0.3 is 5.97 Å². The lowest BCUT2D eigenvalue weighted by atomic mass is 9.82. The second-order valence-corrected chi connectivity index (χ2v) is 5.13. The molecule has 1 aromatic rings. The highest BCUT2D eigenvalue weighted by molar-refractivity contribution is 5.85. The van der Waals surface area contributed by atoms with Crippen molar-refractivity contribution in [3.8, 4) is 11.5 Å². The zero-order valence-corrected chi connectivity index (χ0v) is 13.0. The normalized spacial score (nSPS) is 12.3. The van der Waals surface area contributed by atoms with Crippen LogP contribution in [0, 0.1) is 5.41 Å². The van der Waals surface area contributed by atoms with E-state index < -0.39 is 11.4 Å². The first kappa shape index (κ1) is 18.7. The molecule has 6 heteroatoms. The Morgan fingerprint density at radius 3 is 2.45 bits per heavy atom. The molecule has 0 spiro atoms. The number of nitrogens with two attached hydrogens (primary N) is 1. The van der Waals surface area contributed by atoms with E-state index in [2.05, 4.69) is 0 Å². The molecule has 0 saturated carbocycles. The molecule has 0 unspecified atom stereocenters. The Labute approximate surface area is 125 Å². The van der Waals surface area contributed by atoms with Gasteiger partial charge in [-0.05, 0) is 17.7 Å². The third kappa shape index (κ3) is 4.37. The molecule has 1 rings (SSSR count). The second kappa shape index (κ2) is 7.47. The maximum Gasteiger partial charge on any atom is 0.308 e. The molecule has 0 bridgehead atoms. The van der Waals surface area contributed by atoms with Gasteiger partial charge in [0.25, 0.3) is 0 Å². The third-order valence-corrected chi connectivity index (χ3v) is 3.05. The number of carbonyl (C=O) groups excluding carboxylic acids is 1. The Hall–Kier alpha value is -1.30. The number of benzene rings is 1. The number of carbonyl (C=O) groups is 1. The van der Waals surface area contributed by atoms with Crippen LogP contribution in [0.1, 0.15) is 32.4 Å². The quantitative estimate of drug-likeness (QED) is 0.643. The summed E-state index contributed by atoms with van der Waals surface area (Å²) in [4.78, 5) is 11.0. The summed E-state index contributed by atoms with van der Waals surface area (Å²) in [7, 11) is 1.49. The molecule has 3 N–H and O–H groups in total. The molecule has 1 atom stereocenters. The number of halogens is 1. The van der Waals surface area contributed by atoms with Gasteiger partial charge in [0.15, 0.2) is 11.5 Å². The second-order valence-electron chi connectivity index (χ2n) is 5.13. The van der Waals surface area contributed by atoms with Gasteiger partial charge in [0, 0.05) is 25.0 Å². The highest BCUT2D eigenvalue weighted by Gasteiger charge is 2.27. The average molecular weight is 304 g/mol. The lowest BCUT2D eigenvalue weighted by Gasteiger charge is -2.30. The zero-order chi connectivity index (χ0) is 14.6. The molecule has 0 radical (unpaired) electrons. The number of hydrogen-bond acceptors (Lipinski definition) is 5. The number of esters is 1. The van der Waals surface area contributed by atoms with Gasteiger partial charge in [-0.2, -0.15) is 0 Å². The van der Waals surface area contributed by atoms with Crippen molar-refractivity contribution in [2.45, 2.75) is 26.8 Å². The Kier molecular flexibility index (Phi) is 6.99. The van der Waals surface area contributed by atoms with Crippen LogP contribution in [0.3, 0.4) is 0 Å². The summed E-state index contributed by atoms with van der Waals surface area (Å²) in [6, 6.07) is 4.78. The predicted octanol–water partition coefficient (Wildman–Crippen LogP) is 2.06. The van der Waals surface area contributed by atoms with Gasteiger partial charge < -0.3 is 20.3 Å². The molecule has 0 aliphatic rings. The van der Waals surface area contributed by atoms with E-state index in [0.29, 0.717) is 11.5 Å². The summed E-state index contributed by atoms with van der Waals surface area (Å²) in [5, 5.41) is 9.35. The molecular weight excluding hydrogens is 282 g/mol. The number of aliphatic hydroxyl groups excluding tert-OH is 1. The summed E-state index contributed by atoms with van der Waals surface area (Å²) >= 11 is 0. The van der Waals surface area contributed by atoms with Crippen LogP contribution in [0.4, 0.5) is 0 Å². The lowest BCUT2D eigenvalue weighted by Crippen LogP contribution is -2.32. The average Bonchev–Trinajstić information content (AvgIpc) is 2.37. The SMILES string of the molecule is COc1cc([C@H](N)C(C)(C)CO)ccc1OC(C)=O.Cl. The van der Waals surface area contributed by atoms with Gasteiger partial charge in [-0.25, -0.2) is 0 Å². The van der Waals surface area contributed by atoms with Crippen molar-refractivity contribution in [3.05, 3.63) is 23.8 Å². The molecule has 0 aliphatic carbocycles. The molecule has 0 aliphatic heterocycles. The number of hydrogen-bond donors (Lipinski definition) is 2. The number of aliphatic hydroxyl groups is 1. The topological polar surface area (TPSA) is 81.8 Å². The molecule has 0 fully saturated rings. The van der Waals surface area contributed by atoms with Crippen LogP contribution in [-0.2, 0) is 4.79 Å². The minimum absolute atomic E-state index is 0. The van der Waals surface area contributed by atoms with Crippen molar-refractivity contribution in [1.29, 1.82) is 0 Å². The molecule has 0 aromatic heterocycles. The van der Waals surface area contributed by atoms with Crippen molar-refractivity contribution in [1.82, 2.24) is 0 Å². The van der Waals surface area contributed by atoms with Gasteiger partial charge in [-0.1, -0.05) is 19.9 Å². The van der Waals surface area contributed by atoms with Crippen LogP contribution in [-0.4, -0.2) is 24.8 Å². The maximum atomic E-state index is 11.0. The standard InChI is InChI=1S/C14H21NO4.ClH/c1-9(17)19-11-6-5-10(7-12(11)18-4)13(15)14(2,3)8-16;/h5-7,13,16H,8,15H2,1-4H3;1H/t13-;/m0./s1. The molecular formula is C14H22ClNO4. The first-order chi connectivity index (χ1) is 8.81. The minimum atomic E-state index is -0.450. The van der Waals surface area contributed by atoms with Crippen LogP contribution in [0.5, 0.6) is 11.5 Å². The van der Waals surface area contributed by atoms with Crippen LogP contribution < -0.4 is 15.2 Å². The zero-order valence-electron chi connectivity index (χ0n) is 12.2. The fraction of sp³-hybridized carbons (Fsp3) is 0.500. The maximum absolute atomic E-state index is 11.0. The van der Waals surface area contributed by atoms with E-state index in [-0.39, 0.29) is 25.1 Å². The summed E-state index contributed by atoms with van der Waals surface area (Å²) in [6.07, 6.45) is 0. The van der Waals surface area contributed by atoms with E-state index in [1.54, 1.807) is 18.2 Å². The number of rotatable bonds is 5. The predicted molar refractivity (Wildman–Crippen MR) is 79.3 cm³/mol. The minimum Gasteiger partial charge on any atom is -0.493 e. The summed E-state index contributed by atoms with van der Waals surface area (Å²) in [6.45, 7) is 5.06. The van der Waals surface area contributed by atoms with Crippen molar-refractivity contribution in [2.75, 3.05) is 13.7 Å². The summed E-state index contributed by atoms with van der Waals surface area (Å²) in [5.74, 6) is 0.385. The van der Waals surface area contributed by atoms with Gasteiger partial charge in [0.1, 0.15) is 0 Å². The highest BCUT2D eigenvalue weighted by Crippen LogP contribution is 2.35. The van der Waals surface area contributed by atoms with Crippen LogP contribution in [0.2, 0.25) is 0 Å². The van der Waals surface area contributed by atoms with Crippen molar-refractivity contribution < 1.29 is 19.4 Å². The Bertz CT molecular complexity index is 462. The molecule has 0 saturated heterocycles. The lowest BCUT2D eigenvalue weighted by molar-refractivity contribution is -0.132. The Morgan fingerprint density at radius 1 is 1.40 bits per heavy atom. The van der Waals surface area contributed by atoms with Crippen LogP contribution >= 0.6 is 12.4 Å². The molecule has 0 amide bonds. The van der Waals surface area contributed by atoms with Gasteiger partial charge in [-0.3, -0.25) is 4.79 Å². The van der Waals surface area contributed by atoms with Crippen molar-refractivity contribution >= 4 is 18.4 Å². The largest absolute Gasteiger partial charge is 0.493 e. The number of ether oxygens (including phenoxy) is 2. The molecule has 5 nitrogen and oxygen atoms in total. The molecule has 114 valence electrons. The first-order valence-electron chi connectivity index (χ1n) is 6.04. The Morgan fingerprint density at radius 2 is 2.00 bits per heavy atom. The van der Waals surface area contributed by atoms with E-state index >= 15 is 0 Å². The van der Waals surface area contributed by atoms with Crippen molar-refractivity contribution in [2.24, 2.45) is 11.1 Å². The van der Waals surface area contributed by atoms with Gasteiger partial charge in [0.2, 0.25) is 0 Å². The van der Waals surface area contributed by atoms with E-state index in [9.17, 15) is 9.90 Å². The fourth-order valence-electron chi connectivity index (χ4n) is 1.67.